The molecule has 0 saturated carbocycles. The van der Waals surface area contributed by atoms with Crippen LogP contribution in [0, 0.1) is 15.9 Å². The van der Waals surface area contributed by atoms with Crippen molar-refractivity contribution < 1.29 is 13.7 Å². The molecule has 0 aliphatic rings. The number of aliphatic imine (C=N–C) groups is 1. The topological polar surface area (TPSA) is 92.7 Å². The molecule has 3 aromatic rings. The number of nitro benzene ring substituents is 1. The predicted molar refractivity (Wildman–Crippen MR) is 123 cm³/mol. The van der Waals surface area contributed by atoms with Crippen molar-refractivity contribution in [3.05, 3.63) is 99.7 Å². The van der Waals surface area contributed by atoms with E-state index in [1.165, 1.54) is 24.3 Å². The van der Waals surface area contributed by atoms with E-state index < -0.39 is 4.92 Å². The van der Waals surface area contributed by atoms with E-state index in [9.17, 15) is 14.5 Å². The Morgan fingerprint density at radius 2 is 1.73 bits per heavy atom. The number of hydrogen-bond acceptors (Lipinski definition) is 4. The van der Waals surface area contributed by atoms with Gasteiger partial charge in [-0.05, 0) is 41.8 Å². The van der Waals surface area contributed by atoms with Gasteiger partial charge in [-0.2, -0.15) is 0 Å². The maximum absolute atomic E-state index is 13.0. The van der Waals surface area contributed by atoms with E-state index in [1.54, 1.807) is 30.5 Å². The summed E-state index contributed by atoms with van der Waals surface area (Å²) < 4.78 is 18.3. The Balaban J connectivity index is 0.00000320. The standard InChI is InChI=1S/C21H21FN4O3.HI/c22-18-7-3-16(4-8-18)11-12-23-21(25-15-20-2-1-13-29-20)24-14-17-5-9-19(10-6-17)26(27)28;/h1-10,13H,11-12,14-15H2,(H2,23,24,25);1H. The van der Waals surface area contributed by atoms with Crippen LogP contribution in [0.2, 0.25) is 0 Å². The first-order chi connectivity index (χ1) is 14.1. The Labute approximate surface area is 190 Å². The van der Waals surface area contributed by atoms with Gasteiger partial charge in [-0.15, -0.1) is 24.0 Å². The second-order valence-electron chi connectivity index (χ2n) is 6.32. The molecule has 7 nitrogen and oxygen atoms in total. The molecule has 0 aliphatic carbocycles. The highest BCUT2D eigenvalue weighted by molar-refractivity contribution is 14.0. The number of nitro groups is 1. The van der Waals surface area contributed by atoms with Gasteiger partial charge < -0.3 is 15.1 Å². The molecule has 2 N–H and O–H groups in total. The molecule has 0 atom stereocenters. The molecule has 0 amide bonds. The molecular formula is C21H22FIN4O3. The van der Waals surface area contributed by atoms with Crippen molar-refractivity contribution in [3.8, 4) is 0 Å². The van der Waals surface area contributed by atoms with Gasteiger partial charge in [-0.1, -0.05) is 24.3 Å². The van der Waals surface area contributed by atoms with Crippen LogP contribution in [-0.4, -0.2) is 17.4 Å². The van der Waals surface area contributed by atoms with E-state index in [-0.39, 0.29) is 35.5 Å². The molecule has 0 bridgehead atoms. The molecule has 1 heterocycles. The summed E-state index contributed by atoms with van der Waals surface area (Å²) in [6, 6.07) is 16.3. The summed E-state index contributed by atoms with van der Waals surface area (Å²) in [6.07, 6.45) is 2.31. The van der Waals surface area contributed by atoms with Gasteiger partial charge in [-0.3, -0.25) is 10.1 Å². The Morgan fingerprint density at radius 3 is 2.37 bits per heavy atom. The lowest BCUT2D eigenvalue weighted by Crippen LogP contribution is -2.38. The summed E-state index contributed by atoms with van der Waals surface area (Å²) in [5.41, 5.74) is 1.92. The van der Waals surface area contributed by atoms with Gasteiger partial charge in [0.1, 0.15) is 11.6 Å². The van der Waals surface area contributed by atoms with Crippen LogP contribution in [0.3, 0.4) is 0 Å². The molecule has 2 aromatic carbocycles. The van der Waals surface area contributed by atoms with E-state index in [0.29, 0.717) is 32.0 Å². The Hall–Kier alpha value is -2.95. The number of nitrogens with zero attached hydrogens (tertiary/aromatic N) is 2. The van der Waals surface area contributed by atoms with Gasteiger partial charge in [0.2, 0.25) is 0 Å². The van der Waals surface area contributed by atoms with Crippen LogP contribution in [-0.2, 0) is 19.5 Å². The molecule has 3 rings (SSSR count). The number of benzene rings is 2. The number of non-ortho nitro benzene ring substituents is 1. The van der Waals surface area contributed by atoms with Crippen molar-refractivity contribution in [2.45, 2.75) is 19.5 Å². The Bertz CT molecular complexity index is 945. The highest BCUT2D eigenvalue weighted by Gasteiger charge is 2.05. The predicted octanol–water partition coefficient (Wildman–Crippen LogP) is 4.42. The van der Waals surface area contributed by atoms with Gasteiger partial charge >= 0.3 is 0 Å². The summed E-state index contributed by atoms with van der Waals surface area (Å²) >= 11 is 0. The van der Waals surface area contributed by atoms with Crippen LogP contribution in [0.1, 0.15) is 16.9 Å². The SMILES string of the molecule is I.O=[N+]([O-])c1ccc(CN=C(NCCc2ccc(F)cc2)NCc2ccco2)cc1. The van der Waals surface area contributed by atoms with Crippen LogP contribution in [0.25, 0.3) is 0 Å². The lowest BCUT2D eigenvalue weighted by atomic mass is 10.1. The Kier molecular flexibility index (Phi) is 9.26. The average molecular weight is 524 g/mol. The number of rotatable bonds is 8. The molecule has 1 aromatic heterocycles. The van der Waals surface area contributed by atoms with Crippen molar-refractivity contribution in [2.75, 3.05) is 6.54 Å². The summed E-state index contributed by atoms with van der Waals surface area (Å²) in [6.45, 7) is 1.44. The third-order valence-corrected chi connectivity index (χ3v) is 4.20. The highest BCUT2D eigenvalue weighted by atomic mass is 127. The number of furan rings is 1. The quantitative estimate of drug-likeness (QED) is 0.150. The maximum atomic E-state index is 13.0. The third-order valence-electron chi connectivity index (χ3n) is 4.20. The molecule has 0 saturated heterocycles. The fraction of sp³-hybridized carbons (Fsp3) is 0.190. The molecule has 0 aliphatic heterocycles. The minimum atomic E-state index is -0.430. The molecule has 0 spiro atoms. The van der Waals surface area contributed by atoms with Crippen LogP contribution < -0.4 is 10.6 Å². The van der Waals surface area contributed by atoms with Crippen LogP contribution in [0.15, 0.2) is 76.3 Å². The molecular weight excluding hydrogens is 502 g/mol. The van der Waals surface area contributed by atoms with Gasteiger partial charge in [0.25, 0.3) is 5.69 Å². The number of nitrogens with one attached hydrogen (secondary N) is 2. The number of guanidine groups is 1. The van der Waals surface area contributed by atoms with Crippen molar-refractivity contribution in [3.63, 3.8) is 0 Å². The lowest BCUT2D eigenvalue weighted by molar-refractivity contribution is -0.384. The molecule has 0 radical (unpaired) electrons. The smallest absolute Gasteiger partial charge is 0.269 e. The van der Waals surface area contributed by atoms with Crippen LogP contribution in [0.4, 0.5) is 10.1 Å². The largest absolute Gasteiger partial charge is 0.467 e. The normalized spacial score (nSPS) is 10.9. The summed E-state index contributed by atoms with van der Waals surface area (Å²) in [5.74, 6) is 1.10. The first kappa shape index (κ1) is 23.3. The lowest BCUT2D eigenvalue weighted by Gasteiger charge is -2.12. The first-order valence-electron chi connectivity index (χ1n) is 9.12. The number of halogens is 2. The minimum absolute atomic E-state index is 0. The second-order valence-corrected chi connectivity index (χ2v) is 6.32. The minimum Gasteiger partial charge on any atom is -0.467 e. The summed E-state index contributed by atoms with van der Waals surface area (Å²) in [4.78, 5) is 14.9. The zero-order valence-corrected chi connectivity index (χ0v) is 18.4. The molecule has 9 heteroatoms. The van der Waals surface area contributed by atoms with Crippen molar-refractivity contribution in [1.82, 2.24) is 10.6 Å². The molecule has 0 unspecified atom stereocenters. The van der Waals surface area contributed by atoms with Gasteiger partial charge in [-0.25, -0.2) is 9.38 Å². The fourth-order valence-electron chi connectivity index (χ4n) is 2.63. The van der Waals surface area contributed by atoms with Gasteiger partial charge in [0, 0.05) is 18.7 Å². The van der Waals surface area contributed by atoms with Crippen LogP contribution in [0.5, 0.6) is 0 Å². The highest BCUT2D eigenvalue weighted by Crippen LogP contribution is 2.12. The van der Waals surface area contributed by atoms with Crippen molar-refractivity contribution >= 4 is 35.6 Å². The molecule has 30 heavy (non-hydrogen) atoms. The van der Waals surface area contributed by atoms with E-state index in [1.807, 2.05) is 12.1 Å². The van der Waals surface area contributed by atoms with Crippen molar-refractivity contribution in [1.29, 1.82) is 0 Å². The molecule has 0 fully saturated rings. The second kappa shape index (κ2) is 11.9. The maximum Gasteiger partial charge on any atom is 0.269 e. The van der Waals surface area contributed by atoms with E-state index >= 15 is 0 Å². The van der Waals surface area contributed by atoms with Crippen molar-refractivity contribution in [2.24, 2.45) is 4.99 Å². The van der Waals surface area contributed by atoms with E-state index in [0.717, 1.165) is 16.9 Å². The fourth-order valence-corrected chi connectivity index (χ4v) is 2.63. The van der Waals surface area contributed by atoms with Gasteiger partial charge in [0.05, 0.1) is 24.3 Å². The van der Waals surface area contributed by atoms with E-state index in [4.69, 9.17) is 4.42 Å². The summed E-state index contributed by atoms with van der Waals surface area (Å²) in [7, 11) is 0. The number of hydrogen-bond donors (Lipinski definition) is 2. The van der Waals surface area contributed by atoms with E-state index in [2.05, 4.69) is 15.6 Å². The van der Waals surface area contributed by atoms with Crippen LogP contribution >= 0.6 is 24.0 Å². The molecule has 158 valence electrons. The monoisotopic (exact) mass is 524 g/mol. The Morgan fingerprint density at radius 1 is 1.03 bits per heavy atom. The zero-order chi connectivity index (χ0) is 20.5. The first-order valence-corrected chi connectivity index (χ1v) is 9.12. The average Bonchev–Trinajstić information content (AvgIpc) is 3.25. The summed E-state index contributed by atoms with van der Waals surface area (Å²) in [5, 5.41) is 17.2. The zero-order valence-electron chi connectivity index (χ0n) is 16.1. The third kappa shape index (κ3) is 7.47. The van der Waals surface area contributed by atoms with Gasteiger partial charge in [0.15, 0.2) is 5.96 Å².